The average Bonchev–Trinajstić information content (AvgIpc) is 2.48. The minimum atomic E-state index is 0.145. The summed E-state index contributed by atoms with van der Waals surface area (Å²) in [6.45, 7) is 2.35. The van der Waals surface area contributed by atoms with Gasteiger partial charge in [-0.05, 0) is 37.5 Å². The summed E-state index contributed by atoms with van der Waals surface area (Å²) in [7, 11) is 0. The number of aryl methyl sites for hydroxylation is 1. The van der Waals surface area contributed by atoms with Crippen LogP contribution in [-0.2, 0) is 4.79 Å². The molecule has 3 heteroatoms. The maximum Gasteiger partial charge on any atom is 0.227 e. The summed E-state index contributed by atoms with van der Waals surface area (Å²) in [5.74, 6) is 6.21. The Morgan fingerprint density at radius 1 is 1.35 bits per heavy atom. The van der Waals surface area contributed by atoms with Gasteiger partial charge in [-0.15, -0.1) is 0 Å². The van der Waals surface area contributed by atoms with E-state index in [1.54, 1.807) is 0 Å². The molecule has 0 spiro atoms. The second-order valence-electron chi connectivity index (χ2n) is 5.36. The first kappa shape index (κ1) is 14.6. The van der Waals surface area contributed by atoms with E-state index in [0.29, 0.717) is 6.54 Å². The lowest BCUT2D eigenvalue weighted by molar-refractivity contribution is -0.120. The molecule has 1 saturated carbocycles. The SMILES string of the molecule is Cc1ccc(NC(=O)C2CCCCC2)cc1C#CCN. The number of rotatable bonds is 2. The van der Waals surface area contributed by atoms with E-state index in [1.165, 1.54) is 19.3 Å². The fraction of sp³-hybridized carbons (Fsp3) is 0.471. The van der Waals surface area contributed by atoms with Crippen molar-refractivity contribution >= 4 is 11.6 Å². The van der Waals surface area contributed by atoms with Gasteiger partial charge in [-0.25, -0.2) is 0 Å². The van der Waals surface area contributed by atoms with Crippen LogP contribution in [0.2, 0.25) is 0 Å². The van der Waals surface area contributed by atoms with Gasteiger partial charge >= 0.3 is 0 Å². The highest BCUT2D eigenvalue weighted by atomic mass is 16.1. The predicted molar refractivity (Wildman–Crippen MR) is 82.3 cm³/mol. The third-order valence-corrected chi connectivity index (χ3v) is 3.81. The zero-order valence-electron chi connectivity index (χ0n) is 12.0. The van der Waals surface area contributed by atoms with Crippen LogP contribution in [0.1, 0.15) is 43.2 Å². The molecule has 0 saturated heterocycles. The number of carbonyl (C=O) groups excluding carboxylic acids is 1. The van der Waals surface area contributed by atoms with Crippen molar-refractivity contribution in [1.82, 2.24) is 0 Å². The maximum atomic E-state index is 12.2. The van der Waals surface area contributed by atoms with Gasteiger partial charge in [0.1, 0.15) is 0 Å². The van der Waals surface area contributed by atoms with Crippen molar-refractivity contribution in [3.8, 4) is 11.8 Å². The van der Waals surface area contributed by atoms with E-state index in [-0.39, 0.29) is 11.8 Å². The Balaban J connectivity index is 2.07. The van der Waals surface area contributed by atoms with Gasteiger partial charge in [0.25, 0.3) is 0 Å². The lowest BCUT2D eigenvalue weighted by Gasteiger charge is -2.20. The molecule has 3 nitrogen and oxygen atoms in total. The summed E-state index contributed by atoms with van der Waals surface area (Å²) in [6, 6.07) is 5.85. The van der Waals surface area contributed by atoms with Gasteiger partial charge < -0.3 is 11.1 Å². The van der Waals surface area contributed by atoms with Crippen molar-refractivity contribution < 1.29 is 4.79 Å². The molecular formula is C17H22N2O. The molecule has 1 aliphatic carbocycles. The van der Waals surface area contributed by atoms with Crippen molar-refractivity contribution in [3.05, 3.63) is 29.3 Å². The zero-order chi connectivity index (χ0) is 14.4. The Hall–Kier alpha value is -1.79. The Morgan fingerprint density at radius 2 is 2.10 bits per heavy atom. The van der Waals surface area contributed by atoms with E-state index >= 15 is 0 Å². The van der Waals surface area contributed by atoms with E-state index in [1.807, 2.05) is 25.1 Å². The Labute approximate surface area is 120 Å². The number of nitrogens with two attached hydrogens (primary N) is 1. The van der Waals surface area contributed by atoms with Crippen LogP contribution in [0.4, 0.5) is 5.69 Å². The zero-order valence-corrected chi connectivity index (χ0v) is 12.0. The molecule has 2 rings (SSSR count). The summed E-state index contributed by atoms with van der Waals surface area (Å²) in [6.07, 6.45) is 5.61. The first-order valence-corrected chi connectivity index (χ1v) is 7.31. The fourth-order valence-electron chi connectivity index (χ4n) is 2.59. The van der Waals surface area contributed by atoms with Gasteiger partial charge in [0, 0.05) is 17.2 Å². The number of anilines is 1. The minimum absolute atomic E-state index is 0.145. The Kier molecular flexibility index (Phi) is 5.20. The Morgan fingerprint density at radius 3 is 2.80 bits per heavy atom. The molecule has 1 aliphatic rings. The number of hydrogen-bond acceptors (Lipinski definition) is 2. The third kappa shape index (κ3) is 3.85. The van der Waals surface area contributed by atoms with E-state index in [0.717, 1.165) is 29.7 Å². The van der Waals surface area contributed by atoms with Gasteiger partial charge in [-0.2, -0.15) is 0 Å². The molecule has 0 unspecified atom stereocenters. The molecule has 0 aliphatic heterocycles. The van der Waals surface area contributed by atoms with Crippen LogP contribution in [0, 0.1) is 24.7 Å². The lowest BCUT2D eigenvalue weighted by Crippen LogP contribution is -2.24. The first-order valence-electron chi connectivity index (χ1n) is 7.31. The fourth-order valence-corrected chi connectivity index (χ4v) is 2.59. The third-order valence-electron chi connectivity index (χ3n) is 3.81. The molecule has 0 heterocycles. The van der Waals surface area contributed by atoms with Crippen molar-refractivity contribution in [1.29, 1.82) is 0 Å². The smallest absolute Gasteiger partial charge is 0.227 e. The molecule has 0 bridgehead atoms. The van der Waals surface area contributed by atoms with E-state index in [9.17, 15) is 4.79 Å². The van der Waals surface area contributed by atoms with Gasteiger partial charge in [0.05, 0.1) is 6.54 Å². The van der Waals surface area contributed by atoms with Crippen molar-refractivity contribution in [2.24, 2.45) is 11.7 Å². The Bertz CT molecular complexity index is 534. The van der Waals surface area contributed by atoms with Crippen LogP contribution >= 0.6 is 0 Å². The average molecular weight is 270 g/mol. The lowest BCUT2D eigenvalue weighted by atomic mass is 9.88. The highest BCUT2D eigenvalue weighted by Gasteiger charge is 2.21. The van der Waals surface area contributed by atoms with Crippen LogP contribution in [0.15, 0.2) is 18.2 Å². The van der Waals surface area contributed by atoms with Crippen LogP contribution < -0.4 is 11.1 Å². The number of nitrogens with one attached hydrogen (secondary N) is 1. The van der Waals surface area contributed by atoms with Crippen LogP contribution in [0.3, 0.4) is 0 Å². The minimum Gasteiger partial charge on any atom is -0.326 e. The predicted octanol–water partition coefficient (Wildman–Crippen LogP) is 2.82. The summed E-state index contributed by atoms with van der Waals surface area (Å²) in [5.41, 5.74) is 8.25. The van der Waals surface area contributed by atoms with Gasteiger partial charge in [-0.3, -0.25) is 4.79 Å². The number of amides is 1. The van der Waals surface area contributed by atoms with Crippen LogP contribution in [0.5, 0.6) is 0 Å². The summed E-state index contributed by atoms with van der Waals surface area (Å²) >= 11 is 0. The largest absolute Gasteiger partial charge is 0.326 e. The molecule has 20 heavy (non-hydrogen) atoms. The molecule has 1 aromatic rings. The molecule has 0 radical (unpaired) electrons. The normalized spacial score (nSPS) is 15.3. The van der Waals surface area contributed by atoms with Gasteiger partial charge in [0.15, 0.2) is 0 Å². The number of benzene rings is 1. The van der Waals surface area contributed by atoms with E-state index in [4.69, 9.17) is 5.73 Å². The molecule has 106 valence electrons. The molecule has 1 fully saturated rings. The standard InChI is InChI=1S/C17H22N2O/c1-13-9-10-16(12-15(13)8-5-11-18)19-17(20)14-6-3-2-4-7-14/h9-10,12,14H,2-4,6-7,11,18H2,1H3,(H,19,20). The van der Waals surface area contributed by atoms with E-state index in [2.05, 4.69) is 17.2 Å². The number of hydrogen-bond donors (Lipinski definition) is 2. The first-order chi connectivity index (χ1) is 9.70. The van der Waals surface area contributed by atoms with Crippen molar-refractivity contribution in [3.63, 3.8) is 0 Å². The molecule has 0 aromatic heterocycles. The van der Waals surface area contributed by atoms with Crippen molar-refractivity contribution in [2.75, 3.05) is 11.9 Å². The second-order valence-corrected chi connectivity index (χ2v) is 5.36. The summed E-state index contributed by atoms with van der Waals surface area (Å²) in [4.78, 5) is 12.2. The molecule has 3 N–H and O–H groups in total. The number of carbonyl (C=O) groups is 1. The highest BCUT2D eigenvalue weighted by molar-refractivity contribution is 5.92. The summed E-state index contributed by atoms with van der Waals surface area (Å²) in [5, 5.41) is 3.02. The monoisotopic (exact) mass is 270 g/mol. The molecular weight excluding hydrogens is 248 g/mol. The molecule has 0 atom stereocenters. The molecule has 1 aromatic carbocycles. The maximum absolute atomic E-state index is 12.2. The van der Waals surface area contributed by atoms with E-state index < -0.39 is 0 Å². The quantitative estimate of drug-likeness (QED) is 0.812. The van der Waals surface area contributed by atoms with Gasteiger partial charge in [-0.1, -0.05) is 37.2 Å². The van der Waals surface area contributed by atoms with Crippen LogP contribution in [0.25, 0.3) is 0 Å². The molecule has 1 amide bonds. The topological polar surface area (TPSA) is 55.1 Å². The van der Waals surface area contributed by atoms with Crippen molar-refractivity contribution in [2.45, 2.75) is 39.0 Å². The van der Waals surface area contributed by atoms with Gasteiger partial charge in [0.2, 0.25) is 5.91 Å². The second kappa shape index (κ2) is 7.12. The summed E-state index contributed by atoms with van der Waals surface area (Å²) < 4.78 is 0. The highest BCUT2D eigenvalue weighted by Crippen LogP contribution is 2.25. The van der Waals surface area contributed by atoms with Crippen LogP contribution in [-0.4, -0.2) is 12.5 Å².